The molecule has 0 heterocycles. The second-order valence-corrected chi connectivity index (χ2v) is 4.42. The fraction of sp³-hybridized carbons (Fsp3) is 0.600. The van der Waals surface area contributed by atoms with Crippen LogP contribution in [0.4, 0.5) is 0 Å². The predicted octanol–water partition coefficient (Wildman–Crippen LogP) is 0.118. The van der Waals surface area contributed by atoms with Gasteiger partial charge in [0.1, 0.15) is 0 Å². The monoisotopic (exact) mass is 262 g/mol. The van der Waals surface area contributed by atoms with Crippen molar-refractivity contribution in [3.63, 3.8) is 0 Å². The highest BCUT2D eigenvalue weighted by atomic mass is 16.4. The Hall–Kier alpha value is -2.12. The van der Waals surface area contributed by atoms with Crippen LogP contribution in [-0.2, 0) is 19.2 Å². The number of rotatable bonds is 7. The first kappa shape index (κ1) is 15.9. The summed E-state index contributed by atoms with van der Waals surface area (Å²) < 4.78 is 0. The highest BCUT2D eigenvalue weighted by molar-refractivity contribution is 5.91. The van der Waals surface area contributed by atoms with Gasteiger partial charge in [0.15, 0.2) is 0 Å². The average molecular weight is 262 g/mol. The molecule has 0 spiro atoms. The summed E-state index contributed by atoms with van der Waals surface area (Å²) in [5.41, 5.74) is -4.47. The molecule has 2 atom stereocenters. The van der Waals surface area contributed by atoms with Gasteiger partial charge in [0.2, 0.25) is 0 Å². The molecule has 102 valence electrons. The molecule has 0 radical (unpaired) electrons. The molecule has 0 aliphatic carbocycles. The molecule has 0 rings (SSSR count). The standard InChI is InChI=1S/C10H14O8/c1-9(7(15)16,3-5(11)12)10(2,8(17)18)4-6(13)14/h3-4H2,1-2H3,(H,11,12)(H,13,14)(H,15,16)(H,17,18). The van der Waals surface area contributed by atoms with Crippen LogP contribution in [0.25, 0.3) is 0 Å². The van der Waals surface area contributed by atoms with Gasteiger partial charge >= 0.3 is 23.9 Å². The Morgan fingerprint density at radius 3 is 1.06 bits per heavy atom. The zero-order chi connectivity index (χ0) is 14.7. The van der Waals surface area contributed by atoms with E-state index in [9.17, 15) is 19.2 Å². The zero-order valence-electron chi connectivity index (χ0n) is 9.84. The maximum Gasteiger partial charge on any atom is 0.311 e. The van der Waals surface area contributed by atoms with Crippen LogP contribution in [0.1, 0.15) is 26.7 Å². The Morgan fingerprint density at radius 1 is 0.722 bits per heavy atom. The van der Waals surface area contributed by atoms with E-state index in [1.165, 1.54) is 0 Å². The molecule has 2 unspecified atom stereocenters. The molecule has 8 heteroatoms. The fourth-order valence-electron chi connectivity index (χ4n) is 1.62. The molecule has 0 fully saturated rings. The van der Waals surface area contributed by atoms with Crippen molar-refractivity contribution in [3.05, 3.63) is 0 Å². The lowest BCUT2D eigenvalue weighted by Crippen LogP contribution is -2.51. The second-order valence-electron chi connectivity index (χ2n) is 4.42. The van der Waals surface area contributed by atoms with E-state index in [0.29, 0.717) is 0 Å². The predicted molar refractivity (Wildman–Crippen MR) is 56.0 cm³/mol. The smallest absolute Gasteiger partial charge is 0.311 e. The van der Waals surface area contributed by atoms with Crippen LogP contribution in [0, 0.1) is 10.8 Å². The fourth-order valence-corrected chi connectivity index (χ4v) is 1.62. The second kappa shape index (κ2) is 5.03. The number of hydrogen-bond donors (Lipinski definition) is 4. The molecule has 0 amide bonds. The van der Waals surface area contributed by atoms with Gasteiger partial charge in [-0.1, -0.05) is 0 Å². The molecule has 0 bridgehead atoms. The van der Waals surface area contributed by atoms with E-state index in [0.717, 1.165) is 13.8 Å². The van der Waals surface area contributed by atoms with Gasteiger partial charge in [-0.2, -0.15) is 0 Å². The molecule has 0 aromatic carbocycles. The molecule has 4 N–H and O–H groups in total. The van der Waals surface area contributed by atoms with Gasteiger partial charge in [-0.3, -0.25) is 19.2 Å². The summed E-state index contributed by atoms with van der Waals surface area (Å²) >= 11 is 0. The van der Waals surface area contributed by atoms with E-state index in [1.807, 2.05) is 0 Å². The molecule has 0 saturated carbocycles. The van der Waals surface area contributed by atoms with Crippen molar-refractivity contribution in [2.45, 2.75) is 26.7 Å². The van der Waals surface area contributed by atoms with Gasteiger partial charge in [0, 0.05) is 0 Å². The third kappa shape index (κ3) is 2.76. The van der Waals surface area contributed by atoms with Crippen LogP contribution >= 0.6 is 0 Å². The first-order valence-corrected chi connectivity index (χ1v) is 4.88. The molecule has 0 aromatic heterocycles. The molecule has 8 nitrogen and oxygen atoms in total. The molecule has 0 aliphatic rings. The van der Waals surface area contributed by atoms with E-state index in [1.54, 1.807) is 0 Å². The average Bonchev–Trinajstić information content (AvgIpc) is 2.14. The highest BCUT2D eigenvalue weighted by Gasteiger charge is 2.57. The maximum atomic E-state index is 11.2. The van der Waals surface area contributed by atoms with Crippen LogP contribution in [0.15, 0.2) is 0 Å². The molecular weight excluding hydrogens is 248 g/mol. The van der Waals surface area contributed by atoms with Crippen molar-refractivity contribution in [1.82, 2.24) is 0 Å². The van der Waals surface area contributed by atoms with Gasteiger partial charge in [0.25, 0.3) is 0 Å². The quantitative estimate of drug-likeness (QED) is 0.505. The van der Waals surface area contributed by atoms with Gasteiger partial charge < -0.3 is 20.4 Å². The van der Waals surface area contributed by atoms with Crippen molar-refractivity contribution in [2.24, 2.45) is 10.8 Å². The minimum atomic E-state index is -2.23. The summed E-state index contributed by atoms with van der Waals surface area (Å²) in [4.78, 5) is 43.7. The Kier molecular flexibility index (Phi) is 4.43. The molecule has 0 aromatic rings. The first-order valence-electron chi connectivity index (χ1n) is 4.88. The van der Waals surface area contributed by atoms with E-state index in [-0.39, 0.29) is 0 Å². The normalized spacial score (nSPS) is 17.2. The highest BCUT2D eigenvalue weighted by Crippen LogP contribution is 2.45. The summed E-state index contributed by atoms with van der Waals surface area (Å²) in [6.45, 7) is 1.83. The van der Waals surface area contributed by atoms with Crippen molar-refractivity contribution < 1.29 is 39.6 Å². The molecule has 0 saturated heterocycles. The SMILES string of the molecule is CC(CC(=O)O)(C(=O)O)C(C)(CC(=O)O)C(=O)O. The molecular formula is C10H14O8. The molecule has 0 aliphatic heterocycles. The van der Waals surface area contributed by atoms with Crippen molar-refractivity contribution >= 4 is 23.9 Å². The lowest BCUT2D eigenvalue weighted by molar-refractivity contribution is -0.178. The Morgan fingerprint density at radius 2 is 0.944 bits per heavy atom. The van der Waals surface area contributed by atoms with Crippen molar-refractivity contribution in [1.29, 1.82) is 0 Å². The Bertz CT molecular complexity index is 363. The van der Waals surface area contributed by atoms with E-state index in [4.69, 9.17) is 20.4 Å². The van der Waals surface area contributed by atoms with Gasteiger partial charge in [-0.15, -0.1) is 0 Å². The Labute approximate surface area is 102 Å². The summed E-state index contributed by atoms with van der Waals surface area (Å²) in [5.74, 6) is -6.37. The van der Waals surface area contributed by atoms with E-state index in [2.05, 4.69) is 0 Å². The van der Waals surface area contributed by atoms with Crippen LogP contribution < -0.4 is 0 Å². The summed E-state index contributed by atoms with van der Waals surface area (Å²) in [5, 5.41) is 35.5. The number of aliphatic carboxylic acids is 4. The number of carbonyl (C=O) groups is 4. The van der Waals surface area contributed by atoms with Crippen molar-refractivity contribution in [3.8, 4) is 0 Å². The first-order chi connectivity index (χ1) is 7.97. The Balaban J connectivity index is 5.78. The van der Waals surface area contributed by atoms with Gasteiger partial charge in [0.05, 0.1) is 23.7 Å². The minimum Gasteiger partial charge on any atom is -0.481 e. The van der Waals surface area contributed by atoms with E-state index < -0.39 is 47.5 Å². The maximum absolute atomic E-state index is 11.2. The summed E-state index contributed by atoms with van der Waals surface area (Å²) in [6, 6.07) is 0. The van der Waals surface area contributed by atoms with E-state index >= 15 is 0 Å². The zero-order valence-corrected chi connectivity index (χ0v) is 9.84. The third-order valence-electron chi connectivity index (χ3n) is 3.17. The van der Waals surface area contributed by atoms with Gasteiger partial charge in [-0.25, -0.2) is 0 Å². The summed E-state index contributed by atoms with van der Waals surface area (Å²) in [6.07, 6.45) is -1.98. The van der Waals surface area contributed by atoms with Crippen LogP contribution in [0.5, 0.6) is 0 Å². The lowest BCUT2D eigenvalue weighted by Gasteiger charge is -2.38. The van der Waals surface area contributed by atoms with Crippen LogP contribution in [0.3, 0.4) is 0 Å². The van der Waals surface area contributed by atoms with Crippen LogP contribution in [0.2, 0.25) is 0 Å². The summed E-state index contributed by atoms with van der Waals surface area (Å²) in [7, 11) is 0. The van der Waals surface area contributed by atoms with Gasteiger partial charge in [-0.05, 0) is 13.8 Å². The van der Waals surface area contributed by atoms with Crippen LogP contribution in [-0.4, -0.2) is 44.3 Å². The number of carboxylic acids is 4. The number of hydrogen-bond acceptors (Lipinski definition) is 4. The largest absolute Gasteiger partial charge is 0.481 e. The number of carboxylic acid groups (broad SMARTS) is 4. The van der Waals surface area contributed by atoms with Crippen molar-refractivity contribution in [2.75, 3.05) is 0 Å². The molecule has 18 heavy (non-hydrogen) atoms. The lowest BCUT2D eigenvalue weighted by atomic mass is 9.62. The third-order valence-corrected chi connectivity index (χ3v) is 3.17. The minimum absolute atomic E-state index is 0.917. The topological polar surface area (TPSA) is 149 Å².